The molecule has 0 rings (SSSR count). The molecule has 0 heterocycles. The fourth-order valence-corrected chi connectivity index (χ4v) is 0.476. The van der Waals surface area contributed by atoms with Crippen molar-refractivity contribution in [3.8, 4) is 0 Å². The van der Waals surface area contributed by atoms with Gasteiger partial charge >= 0.3 is 5.97 Å². The maximum absolute atomic E-state index is 10.6. The van der Waals surface area contributed by atoms with Crippen molar-refractivity contribution in [1.29, 1.82) is 0 Å². The van der Waals surface area contributed by atoms with Crippen LogP contribution in [0.15, 0.2) is 0 Å². The first-order valence-corrected chi connectivity index (χ1v) is 3.25. The molecule has 0 radical (unpaired) electrons. The van der Waals surface area contributed by atoms with Gasteiger partial charge in [-0.2, -0.15) is 0 Å². The van der Waals surface area contributed by atoms with Crippen LogP contribution < -0.4 is 0 Å². The van der Waals surface area contributed by atoms with Crippen LogP contribution in [0.5, 0.6) is 0 Å². The van der Waals surface area contributed by atoms with Crippen molar-refractivity contribution in [1.82, 2.24) is 0 Å². The molecule has 0 aliphatic heterocycles. The summed E-state index contributed by atoms with van der Waals surface area (Å²) in [6.45, 7) is 3.51. The van der Waals surface area contributed by atoms with Gasteiger partial charge in [-0.25, -0.2) is 0 Å². The van der Waals surface area contributed by atoms with E-state index < -0.39 is 0 Å². The molecule has 2 atom stereocenters. The highest BCUT2D eigenvalue weighted by Crippen LogP contribution is 2.09. The number of carbonyl (C=O) groups excluding carboxylic acids is 1. The predicted molar refractivity (Wildman–Crippen MR) is 36.5 cm³/mol. The smallest absolute Gasteiger partial charge is 0.309 e. The highest BCUT2D eigenvalue weighted by molar-refractivity contribution is 6.21. The largest absolute Gasteiger partial charge is 0.469 e. The quantitative estimate of drug-likeness (QED) is 0.440. The summed E-state index contributed by atoms with van der Waals surface area (Å²) >= 11 is 5.60. The molecule has 0 bridgehead atoms. The zero-order valence-electron chi connectivity index (χ0n) is 5.85. The Hall–Kier alpha value is -0.240. The molecule has 0 fully saturated rings. The van der Waals surface area contributed by atoms with Crippen molar-refractivity contribution in [2.45, 2.75) is 19.2 Å². The first kappa shape index (κ1) is 8.76. The first-order valence-electron chi connectivity index (χ1n) is 2.81. The number of esters is 1. The van der Waals surface area contributed by atoms with E-state index in [-0.39, 0.29) is 17.3 Å². The monoisotopic (exact) mass is 150 g/mol. The number of hydrogen-bond donors (Lipinski definition) is 0. The average molecular weight is 151 g/mol. The van der Waals surface area contributed by atoms with E-state index in [1.807, 2.05) is 0 Å². The summed E-state index contributed by atoms with van der Waals surface area (Å²) in [5.41, 5.74) is 0. The van der Waals surface area contributed by atoms with Crippen LogP contribution in [0.25, 0.3) is 0 Å². The van der Waals surface area contributed by atoms with Gasteiger partial charge < -0.3 is 4.74 Å². The minimum Gasteiger partial charge on any atom is -0.469 e. The van der Waals surface area contributed by atoms with Crippen molar-refractivity contribution in [3.05, 3.63) is 0 Å². The molecule has 2 nitrogen and oxygen atoms in total. The Balaban J connectivity index is 3.72. The lowest BCUT2D eigenvalue weighted by molar-refractivity contribution is -0.144. The van der Waals surface area contributed by atoms with Crippen LogP contribution in [-0.2, 0) is 9.53 Å². The van der Waals surface area contributed by atoms with E-state index in [0.717, 1.165) is 0 Å². The number of ether oxygens (including phenoxy) is 1. The molecule has 0 aliphatic carbocycles. The summed E-state index contributed by atoms with van der Waals surface area (Å²) in [5, 5.41) is -0.155. The zero-order valence-corrected chi connectivity index (χ0v) is 6.61. The van der Waals surface area contributed by atoms with E-state index in [1.54, 1.807) is 13.8 Å². The molecule has 3 heteroatoms. The van der Waals surface area contributed by atoms with Gasteiger partial charge in [-0.05, 0) is 6.92 Å². The van der Waals surface area contributed by atoms with E-state index in [2.05, 4.69) is 4.74 Å². The second-order valence-corrected chi connectivity index (χ2v) is 2.68. The Morgan fingerprint density at radius 3 is 2.11 bits per heavy atom. The van der Waals surface area contributed by atoms with Crippen molar-refractivity contribution >= 4 is 17.6 Å². The molecule has 0 saturated heterocycles. The summed E-state index contributed by atoms with van der Waals surface area (Å²) in [7, 11) is 1.36. The van der Waals surface area contributed by atoms with Gasteiger partial charge in [-0.15, -0.1) is 11.6 Å². The van der Waals surface area contributed by atoms with E-state index in [1.165, 1.54) is 7.11 Å². The Morgan fingerprint density at radius 1 is 1.56 bits per heavy atom. The Kier molecular flexibility index (Phi) is 3.62. The third-order valence-corrected chi connectivity index (χ3v) is 1.64. The van der Waals surface area contributed by atoms with Gasteiger partial charge in [-0.3, -0.25) is 4.79 Å². The van der Waals surface area contributed by atoms with Gasteiger partial charge in [0.25, 0.3) is 0 Å². The summed E-state index contributed by atoms with van der Waals surface area (Å²) in [4.78, 5) is 10.6. The molecule has 0 N–H and O–H groups in total. The second kappa shape index (κ2) is 3.72. The topological polar surface area (TPSA) is 26.3 Å². The first-order chi connectivity index (χ1) is 4.09. The average Bonchev–Trinajstić information content (AvgIpc) is 1.84. The minimum absolute atomic E-state index is 0.155. The standard InChI is InChI=1S/C6H11ClO2/c1-4(5(2)7)6(8)9-3/h4-5H,1-3H3/t4-,5-/m1/s1. The molecule has 0 saturated carbocycles. The maximum Gasteiger partial charge on any atom is 0.309 e. The van der Waals surface area contributed by atoms with Crippen LogP contribution in [0.4, 0.5) is 0 Å². The Labute approximate surface area is 60.1 Å². The van der Waals surface area contributed by atoms with Crippen molar-refractivity contribution < 1.29 is 9.53 Å². The third kappa shape index (κ3) is 2.70. The summed E-state index contributed by atoms with van der Waals surface area (Å²) in [6.07, 6.45) is 0. The van der Waals surface area contributed by atoms with Crippen molar-refractivity contribution in [2.24, 2.45) is 5.92 Å². The van der Waals surface area contributed by atoms with Gasteiger partial charge in [0.05, 0.1) is 13.0 Å². The van der Waals surface area contributed by atoms with Gasteiger partial charge in [0.15, 0.2) is 0 Å². The summed E-state index contributed by atoms with van der Waals surface area (Å²) in [6, 6.07) is 0. The highest BCUT2D eigenvalue weighted by Gasteiger charge is 2.17. The highest BCUT2D eigenvalue weighted by atomic mass is 35.5. The number of hydrogen-bond acceptors (Lipinski definition) is 2. The van der Waals surface area contributed by atoms with E-state index in [4.69, 9.17) is 11.6 Å². The fourth-order valence-electron chi connectivity index (χ4n) is 0.373. The molecule has 9 heavy (non-hydrogen) atoms. The molecular formula is C6H11ClO2. The number of halogens is 1. The number of rotatable bonds is 2. The molecular weight excluding hydrogens is 140 g/mol. The van der Waals surface area contributed by atoms with Crippen LogP contribution in [0, 0.1) is 5.92 Å². The molecule has 0 spiro atoms. The Morgan fingerprint density at radius 2 is 2.00 bits per heavy atom. The lowest BCUT2D eigenvalue weighted by atomic mass is 10.1. The van der Waals surface area contributed by atoms with Gasteiger partial charge in [0.1, 0.15) is 0 Å². The number of alkyl halides is 1. The molecule has 0 unspecified atom stereocenters. The van der Waals surface area contributed by atoms with Crippen LogP contribution in [0.1, 0.15) is 13.8 Å². The van der Waals surface area contributed by atoms with E-state index >= 15 is 0 Å². The van der Waals surface area contributed by atoms with Gasteiger partial charge in [0.2, 0.25) is 0 Å². The zero-order chi connectivity index (χ0) is 7.44. The van der Waals surface area contributed by atoms with Gasteiger partial charge in [0, 0.05) is 5.38 Å². The Bertz CT molecular complexity index is 101. The maximum atomic E-state index is 10.6. The fraction of sp³-hybridized carbons (Fsp3) is 0.833. The molecule has 0 aromatic carbocycles. The number of methoxy groups -OCH3 is 1. The van der Waals surface area contributed by atoms with E-state index in [0.29, 0.717) is 0 Å². The third-order valence-electron chi connectivity index (χ3n) is 1.26. The van der Waals surface area contributed by atoms with E-state index in [9.17, 15) is 4.79 Å². The molecule has 0 aromatic heterocycles. The molecule has 0 amide bonds. The van der Waals surface area contributed by atoms with Crippen LogP contribution in [0.2, 0.25) is 0 Å². The van der Waals surface area contributed by atoms with Gasteiger partial charge in [-0.1, -0.05) is 6.92 Å². The predicted octanol–water partition coefficient (Wildman–Crippen LogP) is 1.42. The van der Waals surface area contributed by atoms with Crippen molar-refractivity contribution in [3.63, 3.8) is 0 Å². The summed E-state index contributed by atoms with van der Waals surface area (Å²) < 4.78 is 4.45. The SMILES string of the molecule is COC(=O)[C@H](C)[C@@H](C)Cl. The minimum atomic E-state index is -0.252. The lowest BCUT2D eigenvalue weighted by Crippen LogP contribution is -2.19. The van der Waals surface area contributed by atoms with Crippen LogP contribution in [0.3, 0.4) is 0 Å². The number of carbonyl (C=O) groups is 1. The molecule has 0 aliphatic rings. The van der Waals surface area contributed by atoms with Crippen molar-refractivity contribution in [2.75, 3.05) is 7.11 Å². The summed E-state index contributed by atoms with van der Waals surface area (Å²) in [5.74, 6) is -0.464. The lowest BCUT2D eigenvalue weighted by Gasteiger charge is -2.09. The van der Waals surface area contributed by atoms with Crippen LogP contribution >= 0.6 is 11.6 Å². The normalized spacial score (nSPS) is 16.4. The molecule has 0 aromatic rings. The molecule has 54 valence electrons. The second-order valence-electron chi connectivity index (χ2n) is 1.99. The van der Waals surface area contributed by atoms with Crippen LogP contribution in [-0.4, -0.2) is 18.5 Å².